The van der Waals surface area contributed by atoms with Crippen LogP contribution >= 0.6 is 15.9 Å². The van der Waals surface area contributed by atoms with E-state index in [9.17, 15) is 0 Å². The van der Waals surface area contributed by atoms with Gasteiger partial charge in [0.2, 0.25) is 0 Å². The van der Waals surface area contributed by atoms with Gasteiger partial charge in [0.25, 0.3) is 0 Å². The molecule has 0 N–H and O–H groups in total. The minimum Gasteiger partial charge on any atom is -0.0922 e. The van der Waals surface area contributed by atoms with Crippen molar-refractivity contribution < 1.29 is 0 Å². The van der Waals surface area contributed by atoms with Gasteiger partial charge in [-0.05, 0) is 60.6 Å². The fourth-order valence-corrected chi connectivity index (χ4v) is 4.59. The lowest BCUT2D eigenvalue weighted by Crippen LogP contribution is -2.28. The molecule has 0 radical (unpaired) electrons. The van der Waals surface area contributed by atoms with E-state index in [1.807, 2.05) is 0 Å². The molecule has 0 nitrogen and oxygen atoms in total. The number of aryl methyl sites for hydroxylation is 2. The minimum absolute atomic E-state index is 0.547. The molecular weight excluding hydrogens is 284 g/mol. The van der Waals surface area contributed by atoms with Gasteiger partial charge in [0.15, 0.2) is 0 Å². The van der Waals surface area contributed by atoms with E-state index < -0.39 is 0 Å². The van der Waals surface area contributed by atoms with E-state index in [4.69, 9.17) is 0 Å². The number of alkyl halides is 1. The zero-order chi connectivity index (χ0) is 12.4. The molecule has 0 aliphatic heterocycles. The summed E-state index contributed by atoms with van der Waals surface area (Å²) in [6.07, 6.45) is 12.4. The van der Waals surface area contributed by atoms with Gasteiger partial charge >= 0.3 is 0 Å². The summed E-state index contributed by atoms with van der Waals surface area (Å²) in [7, 11) is 0. The Bertz CT molecular complexity index is 416. The molecule has 98 valence electrons. The Morgan fingerprint density at radius 1 is 0.944 bits per heavy atom. The van der Waals surface area contributed by atoms with Gasteiger partial charge in [0.1, 0.15) is 0 Å². The maximum absolute atomic E-state index is 3.79. The van der Waals surface area contributed by atoms with Crippen molar-refractivity contribution in [2.75, 3.05) is 5.33 Å². The number of halogens is 1. The van der Waals surface area contributed by atoms with Crippen LogP contribution in [-0.4, -0.2) is 5.33 Å². The van der Waals surface area contributed by atoms with Crippen LogP contribution in [0, 0.1) is 5.41 Å². The molecule has 0 aromatic heterocycles. The smallest absolute Gasteiger partial charge is 0.00911 e. The molecule has 0 unspecified atom stereocenters. The van der Waals surface area contributed by atoms with E-state index in [0.717, 1.165) is 0 Å². The standard InChI is InChI=1S/C17H23Br/c18-13-17(9-2-1-3-10-17)12-14-7-8-15-5-4-6-16(15)11-14/h7-8,11H,1-6,9-10,12-13H2. The summed E-state index contributed by atoms with van der Waals surface area (Å²) in [5.41, 5.74) is 5.37. The fourth-order valence-electron chi connectivity index (χ4n) is 3.83. The lowest BCUT2D eigenvalue weighted by atomic mass is 9.72. The first-order valence-corrected chi connectivity index (χ1v) is 8.60. The summed E-state index contributed by atoms with van der Waals surface area (Å²) in [4.78, 5) is 0. The molecule has 1 heteroatoms. The van der Waals surface area contributed by atoms with Crippen molar-refractivity contribution in [1.82, 2.24) is 0 Å². The van der Waals surface area contributed by atoms with Crippen molar-refractivity contribution in [2.24, 2.45) is 5.41 Å². The van der Waals surface area contributed by atoms with Crippen LogP contribution in [0.1, 0.15) is 55.2 Å². The first kappa shape index (κ1) is 12.7. The van der Waals surface area contributed by atoms with E-state index in [1.54, 1.807) is 16.7 Å². The zero-order valence-electron chi connectivity index (χ0n) is 11.2. The van der Waals surface area contributed by atoms with Crippen molar-refractivity contribution in [1.29, 1.82) is 0 Å². The topological polar surface area (TPSA) is 0 Å². The summed E-state index contributed by atoms with van der Waals surface area (Å²) in [6.45, 7) is 0. The summed E-state index contributed by atoms with van der Waals surface area (Å²) in [6, 6.07) is 7.28. The maximum atomic E-state index is 3.79. The lowest BCUT2D eigenvalue weighted by Gasteiger charge is -2.36. The van der Waals surface area contributed by atoms with Crippen LogP contribution in [0.2, 0.25) is 0 Å². The summed E-state index contributed by atoms with van der Waals surface area (Å²) < 4.78 is 0. The first-order chi connectivity index (χ1) is 8.81. The van der Waals surface area contributed by atoms with Crippen LogP contribution in [-0.2, 0) is 19.3 Å². The molecular formula is C17H23Br. The number of fused-ring (bicyclic) bond motifs is 1. The fraction of sp³-hybridized carbons (Fsp3) is 0.647. The second kappa shape index (κ2) is 5.36. The Kier molecular flexibility index (Phi) is 3.79. The Morgan fingerprint density at radius 2 is 1.72 bits per heavy atom. The van der Waals surface area contributed by atoms with Crippen molar-refractivity contribution >= 4 is 15.9 Å². The molecule has 3 rings (SSSR count). The number of rotatable bonds is 3. The van der Waals surface area contributed by atoms with Crippen LogP contribution in [0.15, 0.2) is 18.2 Å². The minimum atomic E-state index is 0.547. The van der Waals surface area contributed by atoms with Crippen LogP contribution < -0.4 is 0 Å². The average molecular weight is 307 g/mol. The molecule has 0 spiro atoms. The van der Waals surface area contributed by atoms with Gasteiger partial charge < -0.3 is 0 Å². The van der Waals surface area contributed by atoms with Gasteiger partial charge in [-0.25, -0.2) is 0 Å². The predicted molar refractivity (Wildman–Crippen MR) is 81.5 cm³/mol. The monoisotopic (exact) mass is 306 g/mol. The van der Waals surface area contributed by atoms with E-state index in [-0.39, 0.29) is 0 Å². The second-order valence-electron chi connectivity index (χ2n) is 6.33. The SMILES string of the molecule is BrCC1(Cc2ccc3c(c2)CCC3)CCCCC1. The number of benzene rings is 1. The molecule has 0 saturated heterocycles. The largest absolute Gasteiger partial charge is 0.0922 e. The third kappa shape index (κ3) is 2.52. The molecule has 1 fully saturated rings. The van der Waals surface area contributed by atoms with Gasteiger partial charge in [0, 0.05) is 5.33 Å². The Morgan fingerprint density at radius 3 is 2.50 bits per heavy atom. The molecule has 0 bridgehead atoms. The van der Waals surface area contributed by atoms with Crippen LogP contribution in [0.3, 0.4) is 0 Å². The number of hydrogen-bond donors (Lipinski definition) is 0. The third-order valence-corrected chi connectivity index (χ3v) is 6.13. The zero-order valence-corrected chi connectivity index (χ0v) is 12.8. The molecule has 2 aliphatic carbocycles. The predicted octanol–water partition coefficient (Wildman–Crippen LogP) is 5.06. The lowest BCUT2D eigenvalue weighted by molar-refractivity contribution is 0.223. The van der Waals surface area contributed by atoms with Gasteiger partial charge in [0.05, 0.1) is 0 Å². The van der Waals surface area contributed by atoms with E-state index in [2.05, 4.69) is 34.1 Å². The highest BCUT2D eigenvalue weighted by atomic mass is 79.9. The molecule has 18 heavy (non-hydrogen) atoms. The van der Waals surface area contributed by atoms with Crippen LogP contribution in [0.4, 0.5) is 0 Å². The van der Waals surface area contributed by atoms with Crippen molar-refractivity contribution in [3.05, 3.63) is 34.9 Å². The normalized spacial score (nSPS) is 21.8. The highest BCUT2D eigenvalue weighted by Crippen LogP contribution is 2.41. The second-order valence-corrected chi connectivity index (χ2v) is 6.89. The summed E-state index contributed by atoms with van der Waals surface area (Å²) in [5.74, 6) is 0. The molecule has 0 amide bonds. The van der Waals surface area contributed by atoms with Crippen LogP contribution in [0.25, 0.3) is 0 Å². The van der Waals surface area contributed by atoms with Crippen LogP contribution in [0.5, 0.6) is 0 Å². The molecule has 1 aromatic carbocycles. The number of hydrogen-bond acceptors (Lipinski definition) is 0. The van der Waals surface area contributed by atoms with Gasteiger partial charge in [-0.2, -0.15) is 0 Å². The molecule has 0 heterocycles. The maximum Gasteiger partial charge on any atom is 0.00911 e. The van der Waals surface area contributed by atoms with E-state index in [1.165, 1.54) is 63.1 Å². The van der Waals surface area contributed by atoms with Gasteiger partial charge in [-0.1, -0.05) is 53.4 Å². The van der Waals surface area contributed by atoms with Crippen molar-refractivity contribution in [2.45, 2.75) is 57.8 Å². The average Bonchev–Trinajstić information content (AvgIpc) is 2.87. The summed E-state index contributed by atoms with van der Waals surface area (Å²) in [5, 5.41) is 1.18. The molecule has 0 atom stereocenters. The molecule has 1 saturated carbocycles. The Labute approximate surface area is 119 Å². The Balaban J connectivity index is 1.78. The third-order valence-electron chi connectivity index (χ3n) is 4.94. The van der Waals surface area contributed by atoms with Crippen molar-refractivity contribution in [3.63, 3.8) is 0 Å². The molecule has 2 aliphatic rings. The first-order valence-electron chi connectivity index (χ1n) is 7.48. The van der Waals surface area contributed by atoms with E-state index >= 15 is 0 Å². The molecule has 1 aromatic rings. The van der Waals surface area contributed by atoms with Crippen molar-refractivity contribution in [3.8, 4) is 0 Å². The van der Waals surface area contributed by atoms with Gasteiger partial charge in [-0.15, -0.1) is 0 Å². The van der Waals surface area contributed by atoms with E-state index in [0.29, 0.717) is 5.41 Å². The quantitative estimate of drug-likeness (QED) is 0.684. The van der Waals surface area contributed by atoms with Gasteiger partial charge in [-0.3, -0.25) is 0 Å². The Hall–Kier alpha value is -0.300. The highest BCUT2D eigenvalue weighted by molar-refractivity contribution is 9.09. The highest BCUT2D eigenvalue weighted by Gasteiger charge is 2.31. The summed E-state index contributed by atoms with van der Waals surface area (Å²) >= 11 is 3.79.